The molecule has 0 heterocycles. The summed E-state index contributed by atoms with van der Waals surface area (Å²) < 4.78 is 20.9. The topological polar surface area (TPSA) is 9.23 Å². The van der Waals surface area contributed by atoms with Gasteiger partial charge in [0.05, 0.1) is 11.9 Å². The Morgan fingerprint density at radius 3 is 2.42 bits per heavy atom. The summed E-state index contributed by atoms with van der Waals surface area (Å²) in [5.74, 6) is 0.211. The maximum absolute atomic E-state index is 14.1. The van der Waals surface area contributed by atoms with Gasteiger partial charge in [0.2, 0.25) is 0 Å². The molecule has 0 saturated carbocycles. The Hall–Kier alpha value is -0.390. The molecular weight excluding hydrogens is 443 g/mol. The molecule has 1 nitrogen and oxygen atoms in total. The molecule has 2 aromatic carbocycles. The van der Waals surface area contributed by atoms with Crippen molar-refractivity contribution in [3.8, 4) is 5.75 Å². The quantitative estimate of drug-likeness (QED) is 0.531. The van der Waals surface area contributed by atoms with Crippen LogP contribution in [-0.2, 0) is 0 Å². The van der Waals surface area contributed by atoms with Gasteiger partial charge in [-0.05, 0) is 29.8 Å². The molecule has 0 amide bonds. The molecule has 0 radical (unpaired) electrons. The van der Waals surface area contributed by atoms with Crippen LogP contribution >= 0.6 is 47.8 Å². The molecule has 2 aromatic rings. The van der Waals surface area contributed by atoms with Crippen LogP contribution < -0.4 is 4.74 Å². The summed E-state index contributed by atoms with van der Waals surface area (Å²) in [6.07, 6.45) is 0. The zero-order valence-corrected chi connectivity index (χ0v) is 14.7. The Morgan fingerprint density at radius 2 is 1.79 bits per heavy atom. The Bertz CT molecular complexity index is 601. The van der Waals surface area contributed by atoms with E-state index < -0.39 is 0 Å². The van der Waals surface area contributed by atoms with Gasteiger partial charge >= 0.3 is 0 Å². The zero-order chi connectivity index (χ0) is 14.0. The molecule has 0 bridgehead atoms. The standard InChI is InChI=1S/C14H10Br3FO/c1-19-9-3-4-10(13(18)7-9)14(17)11-6-8(15)2-5-12(11)16/h2-7,14H,1H3. The Kier molecular flexibility index (Phi) is 5.03. The van der Waals surface area contributed by atoms with Crippen LogP contribution in [0.3, 0.4) is 0 Å². The first-order valence-corrected chi connectivity index (χ1v) is 7.95. The second-order valence-corrected chi connectivity index (χ2v) is 6.60. The maximum atomic E-state index is 14.1. The van der Waals surface area contributed by atoms with Gasteiger partial charge in [-0.15, -0.1) is 0 Å². The van der Waals surface area contributed by atoms with Gasteiger partial charge in [-0.2, -0.15) is 0 Å². The average molecular weight is 453 g/mol. The maximum Gasteiger partial charge on any atom is 0.131 e. The van der Waals surface area contributed by atoms with Crippen molar-refractivity contribution < 1.29 is 9.13 Å². The van der Waals surface area contributed by atoms with E-state index in [1.807, 2.05) is 18.2 Å². The first-order valence-electron chi connectivity index (χ1n) is 5.45. The monoisotopic (exact) mass is 450 g/mol. The number of methoxy groups -OCH3 is 1. The van der Waals surface area contributed by atoms with Gasteiger partial charge in [0, 0.05) is 20.6 Å². The number of hydrogen-bond acceptors (Lipinski definition) is 1. The molecule has 0 saturated heterocycles. The lowest BCUT2D eigenvalue weighted by Gasteiger charge is -2.14. The summed E-state index contributed by atoms with van der Waals surface area (Å²) in [7, 11) is 1.52. The minimum absolute atomic E-state index is 0.231. The summed E-state index contributed by atoms with van der Waals surface area (Å²) in [5.41, 5.74) is 1.53. The van der Waals surface area contributed by atoms with Crippen LogP contribution in [-0.4, -0.2) is 7.11 Å². The Balaban J connectivity index is 2.43. The second-order valence-electron chi connectivity index (χ2n) is 3.92. The minimum Gasteiger partial charge on any atom is -0.497 e. The molecule has 100 valence electrons. The third-order valence-corrected chi connectivity index (χ3v) is 4.91. The molecule has 5 heteroatoms. The summed E-state index contributed by atoms with van der Waals surface area (Å²) in [4.78, 5) is -0.231. The predicted octanol–water partition coefficient (Wildman–Crippen LogP) is 5.84. The second kappa shape index (κ2) is 6.37. The van der Waals surface area contributed by atoms with Crippen molar-refractivity contribution in [2.24, 2.45) is 0 Å². The van der Waals surface area contributed by atoms with E-state index in [9.17, 15) is 4.39 Å². The highest BCUT2D eigenvalue weighted by Gasteiger charge is 2.18. The van der Waals surface area contributed by atoms with Crippen molar-refractivity contribution in [3.05, 3.63) is 62.3 Å². The SMILES string of the molecule is COc1ccc(C(Br)c2cc(Br)ccc2Br)c(F)c1. The molecule has 0 aromatic heterocycles. The van der Waals surface area contributed by atoms with E-state index in [1.165, 1.54) is 13.2 Å². The van der Waals surface area contributed by atoms with Gasteiger partial charge < -0.3 is 4.74 Å². The van der Waals surface area contributed by atoms with Gasteiger partial charge in [-0.3, -0.25) is 0 Å². The summed E-state index contributed by atoms with van der Waals surface area (Å²) >= 11 is 10.5. The van der Waals surface area contributed by atoms with Crippen molar-refractivity contribution in [1.82, 2.24) is 0 Å². The molecule has 0 fully saturated rings. The zero-order valence-electron chi connectivity index (χ0n) is 9.96. The lowest BCUT2D eigenvalue weighted by molar-refractivity contribution is 0.411. The van der Waals surface area contributed by atoms with Gasteiger partial charge in [-0.1, -0.05) is 53.9 Å². The Labute approximate surface area is 136 Å². The first kappa shape index (κ1) is 15.0. The Morgan fingerprint density at radius 1 is 1.05 bits per heavy atom. The summed E-state index contributed by atoms with van der Waals surface area (Å²) in [5, 5.41) is 0. The predicted molar refractivity (Wildman–Crippen MR) is 85.6 cm³/mol. The molecule has 0 spiro atoms. The molecule has 0 aliphatic rings. The molecule has 0 N–H and O–H groups in total. The van der Waals surface area contributed by atoms with Crippen molar-refractivity contribution >= 4 is 47.8 Å². The molecule has 1 atom stereocenters. The van der Waals surface area contributed by atoms with E-state index in [0.717, 1.165) is 14.5 Å². The molecule has 0 aliphatic heterocycles. The average Bonchev–Trinajstić information content (AvgIpc) is 2.40. The highest BCUT2D eigenvalue weighted by Crippen LogP contribution is 2.38. The van der Waals surface area contributed by atoms with Gasteiger partial charge in [-0.25, -0.2) is 4.39 Å². The largest absolute Gasteiger partial charge is 0.497 e. The highest BCUT2D eigenvalue weighted by molar-refractivity contribution is 9.11. The van der Waals surface area contributed by atoms with E-state index in [4.69, 9.17) is 4.74 Å². The van der Waals surface area contributed by atoms with E-state index in [1.54, 1.807) is 12.1 Å². The molecule has 19 heavy (non-hydrogen) atoms. The summed E-state index contributed by atoms with van der Waals surface area (Å²) in [6, 6.07) is 10.7. The highest BCUT2D eigenvalue weighted by atomic mass is 79.9. The fourth-order valence-corrected chi connectivity index (χ4v) is 3.63. The fourth-order valence-electron chi connectivity index (χ4n) is 1.72. The van der Waals surface area contributed by atoms with Crippen molar-refractivity contribution in [2.75, 3.05) is 7.11 Å². The summed E-state index contributed by atoms with van der Waals surface area (Å²) in [6.45, 7) is 0. The minimum atomic E-state index is -0.298. The van der Waals surface area contributed by atoms with Crippen LogP contribution in [0.15, 0.2) is 45.3 Å². The van der Waals surface area contributed by atoms with Gasteiger partial charge in [0.1, 0.15) is 11.6 Å². The van der Waals surface area contributed by atoms with Crippen LogP contribution in [0.25, 0.3) is 0 Å². The lowest BCUT2D eigenvalue weighted by Crippen LogP contribution is -1.98. The number of ether oxygens (including phenoxy) is 1. The van der Waals surface area contributed by atoms with Crippen LogP contribution in [0.2, 0.25) is 0 Å². The fraction of sp³-hybridized carbons (Fsp3) is 0.143. The number of hydrogen-bond donors (Lipinski definition) is 0. The van der Waals surface area contributed by atoms with E-state index >= 15 is 0 Å². The van der Waals surface area contributed by atoms with Crippen LogP contribution in [0.4, 0.5) is 4.39 Å². The smallest absolute Gasteiger partial charge is 0.131 e. The van der Waals surface area contributed by atoms with Crippen LogP contribution in [0.5, 0.6) is 5.75 Å². The van der Waals surface area contributed by atoms with Crippen molar-refractivity contribution in [3.63, 3.8) is 0 Å². The van der Waals surface area contributed by atoms with Crippen LogP contribution in [0.1, 0.15) is 16.0 Å². The number of halogens is 4. The first-order chi connectivity index (χ1) is 9.02. The normalized spacial score (nSPS) is 12.3. The number of alkyl halides is 1. The molecular formula is C14H10Br3FO. The van der Waals surface area contributed by atoms with E-state index in [-0.39, 0.29) is 10.6 Å². The number of benzene rings is 2. The van der Waals surface area contributed by atoms with E-state index in [0.29, 0.717) is 11.3 Å². The van der Waals surface area contributed by atoms with Crippen molar-refractivity contribution in [2.45, 2.75) is 4.83 Å². The van der Waals surface area contributed by atoms with Crippen molar-refractivity contribution in [1.29, 1.82) is 0 Å². The molecule has 2 rings (SSSR count). The number of rotatable bonds is 3. The third kappa shape index (κ3) is 3.38. The lowest BCUT2D eigenvalue weighted by atomic mass is 10.0. The molecule has 1 unspecified atom stereocenters. The third-order valence-electron chi connectivity index (χ3n) is 2.71. The van der Waals surface area contributed by atoms with Crippen LogP contribution in [0, 0.1) is 5.82 Å². The molecule has 0 aliphatic carbocycles. The van der Waals surface area contributed by atoms with Gasteiger partial charge in [0.15, 0.2) is 0 Å². The van der Waals surface area contributed by atoms with Gasteiger partial charge in [0.25, 0.3) is 0 Å². The van der Waals surface area contributed by atoms with E-state index in [2.05, 4.69) is 47.8 Å².